The normalized spacial score (nSPS) is 11.7. The quantitative estimate of drug-likeness (QED) is 0.217. The molecule has 0 aliphatic rings. The third kappa shape index (κ3) is 7.78. The lowest BCUT2D eigenvalue weighted by Crippen LogP contribution is -2.50. The van der Waals surface area contributed by atoms with Crippen LogP contribution in [0, 0.1) is 5.92 Å². The Hall–Kier alpha value is -4.00. The number of pyridine rings is 1. The molecule has 0 aromatic carbocycles. The summed E-state index contributed by atoms with van der Waals surface area (Å²) in [5, 5.41) is 22.0. The molecule has 12 nitrogen and oxygen atoms in total. The minimum absolute atomic E-state index is 0.0597. The maximum Gasteiger partial charge on any atom is 0.303 e. The molecular formula is C22H27N7O5S. The van der Waals surface area contributed by atoms with Crippen LogP contribution >= 0.6 is 11.3 Å². The summed E-state index contributed by atoms with van der Waals surface area (Å²) in [6, 6.07) is 4.25. The average molecular weight is 502 g/mol. The average Bonchev–Trinajstić information content (AvgIpc) is 3.45. The molecule has 35 heavy (non-hydrogen) atoms. The molecule has 186 valence electrons. The third-order valence-corrected chi connectivity index (χ3v) is 5.60. The Labute approximate surface area is 204 Å². The van der Waals surface area contributed by atoms with Gasteiger partial charge in [0.15, 0.2) is 5.65 Å². The lowest BCUT2D eigenvalue weighted by Gasteiger charge is -2.18. The van der Waals surface area contributed by atoms with E-state index >= 15 is 0 Å². The first-order valence-electron chi connectivity index (χ1n) is 10.9. The Balaban J connectivity index is 1.51. The molecule has 0 saturated heterocycles. The van der Waals surface area contributed by atoms with E-state index in [9.17, 15) is 19.2 Å². The standard InChI is InChI=1S/C22H27N7O5S/c1-12(2)9-24-21(34)15(5-6-18(31)32)26-16(30)10-25-20(33)13-8-17(35-11-13)28-22-27-14-4-3-7-23-19(14)29-22/h3-4,7-8,11-12,15H,5-6,9-10H2,1-2H3,(H,24,34)(H,25,33)(H,26,30)(H,31,32)(H2,23,27,28,29). The van der Waals surface area contributed by atoms with Crippen molar-refractivity contribution in [1.29, 1.82) is 0 Å². The number of nitrogens with one attached hydrogen (secondary N) is 5. The Kier molecular flexibility index (Phi) is 8.73. The fraction of sp³-hybridized carbons (Fsp3) is 0.364. The maximum absolute atomic E-state index is 12.5. The van der Waals surface area contributed by atoms with Gasteiger partial charge in [0, 0.05) is 24.5 Å². The number of H-pyrrole nitrogens is 1. The molecule has 0 spiro atoms. The third-order valence-electron chi connectivity index (χ3n) is 4.75. The van der Waals surface area contributed by atoms with Crippen molar-refractivity contribution in [3.8, 4) is 0 Å². The lowest BCUT2D eigenvalue weighted by atomic mass is 10.1. The Morgan fingerprint density at radius 2 is 2.00 bits per heavy atom. The molecule has 3 heterocycles. The highest BCUT2D eigenvalue weighted by Gasteiger charge is 2.22. The highest BCUT2D eigenvalue weighted by atomic mass is 32.1. The zero-order valence-corrected chi connectivity index (χ0v) is 20.1. The number of aliphatic carboxylic acids is 1. The fourth-order valence-electron chi connectivity index (χ4n) is 3.01. The number of nitrogens with zero attached hydrogens (tertiary/aromatic N) is 2. The molecule has 0 saturated carbocycles. The molecule has 0 radical (unpaired) electrons. The number of rotatable bonds is 12. The fourth-order valence-corrected chi connectivity index (χ4v) is 3.79. The van der Waals surface area contributed by atoms with Crippen molar-refractivity contribution in [2.75, 3.05) is 18.4 Å². The molecule has 3 aromatic rings. The van der Waals surface area contributed by atoms with Crippen LogP contribution in [0.5, 0.6) is 0 Å². The minimum Gasteiger partial charge on any atom is -0.481 e. The number of aromatic nitrogens is 3. The van der Waals surface area contributed by atoms with Crippen LogP contribution in [-0.4, -0.2) is 62.9 Å². The molecule has 1 unspecified atom stereocenters. The SMILES string of the molecule is CC(C)CNC(=O)C(CCC(=O)O)NC(=O)CNC(=O)c1csc(Nc2nc3ncccc3[nH]2)c1. The van der Waals surface area contributed by atoms with Gasteiger partial charge in [-0.05, 0) is 30.5 Å². The second kappa shape index (κ2) is 11.9. The van der Waals surface area contributed by atoms with Crippen LogP contribution in [0.25, 0.3) is 11.2 Å². The number of carbonyl (C=O) groups is 4. The second-order valence-electron chi connectivity index (χ2n) is 8.16. The van der Waals surface area contributed by atoms with Gasteiger partial charge in [-0.15, -0.1) is 11.3 Å². The Bertz CT molecular complexity index is 1170. The van der Waals surface area contributed by atoms with Crippen molar-refractivity contribution >= 4 is 57.1 Å². The largest absolute Gasteiger partial charge is 0.481 e. The van der Waals surface area contributed by atoms with E-state index in [-0.39, 0.29) is 25.3 Å². The van der Waals surface area contributed by atoms with Crippen LogP contribution in [0.4, 0.5) is 10.9 Å². The van der Waals surface area contributed by atoms with Gasteiger partial charge in [0.2, 0.25) is 17.8 Å². The minimum atomic E-state index is -1.07. The molecule has 1 atom stereocenters. The lowest BCUT2D eigenvalue weighted by molar-refractivity contribution is -0.137. The van der Waals surface area contributed by atoms with E-state index < -0.39 is 29.7 Å². The summed E-state index contributed by atoms with van der Waals surface area (Å²) < 4.78 is 0. The summed E-state index contributed by atoms with van der Waals surface area (Å²) in [5.74, 6) is -1.93. The summed E-state index contributed by atoms with van der Waals surface area (Å²) in [7, 11) is 0. The van der Waals surface area contributed by atoms with Gasteiger partial charge in [0.05, 0.1) is 22.6 Å². The van der Waals surface area contributed by atoms with Gasteiger partial charge < -0.3 is 31.4 Å². The van der Waals surface area contributed by atoms with Crippen molar-refractivity contribution in [3.63, 3.8) is 0 Å². The number of aromatic amines is 1. The first-order chi connectivity index (χ1) is 16.7. The molecule has 3 amide bonds. The predicted octanol–water partition coefficient (Wildman–Crippen LogP) is 1.61. The van der Waals surface area contributed by atoms with Gasteiger partial charge >= 0.3 is 5.97 Å². The van der Waals surface area contributed by atoms with Gasteiger partial charge in [-0.1, -0.05) is 13.8 Å². The van der Waals surface area contributed by atoms with Crippen molar-refractivity contribution in [2.45, 2.75) is 32.7 Å². The van der Waals surface area contributed by atoms with Gasteiger partial charge in [0.1, 0.15) is 6.04 Å². The number of hydrogen-bond acceptors (Lipinski definition) is 8. The Morgan fingerprint density at radius 3 is 2.71 bits per heavy atom. The molecule has 0 aliphatic carbocycles. The van der Waals surface area contributed by atoms with Crippen LogP contribution < -0.4 is 21.3 Å². The molecule has 3 rings (SSSR count). The van der Waals surface area contributed by atoms with E-state index in [0.717, 1.165) is 5.52 Å². The van der Waals surface area contributed by atoms with E-state index in [1.165, 1.54) is 11.3 Å². The van der Waals surface area contributed by atoms with Crippen LogP contribution in [-0.2, 0) is 14.4 Å². The molecule has 6 N–H and O–H groups in total. The summed E-state index contributed by atoms with van der Waals surface area (Å²) in [4.78, 5) is 59.6. The van der Waals surface area contributed by atoms with Crippen molar-refractivity contribution in [1.82, 2.24) is 30.9 Å². The van der Waals surface area contributed by atoms with Gasteiger partial charge in [-0.25, -0.2) is 4.98 Å². The predicted molar refractivity (Wildman–Crippen MR) is 130 cm³/mol. The summed E-state index contributed by atoms with van der Waals surface area (Å²) in [6.07, 6.45) is 1.30. The van der Waals surface area contributed by atoms with E-state index in [2.05, 4.69) is 36.2 Å². The number of fused-ring (bicyclic) bond motifs is 1. The second-order valence-corrected chi connectivity index (χ2v) is 9.07. The molecular weight excluding hydrogens is 474 g/mol. The summed E-state index contributed by atoms with van der Waals surface area (Å²) in [6.45, 7) is 3.86. The number of amides is 3. The topological polar surface area (TPSA) is 178 Å². The van der Waals surface area contributed by atoms with E-state index in [1.807, 2.05) is 19.9 Å². The smallest absolute Gasteiger partial charge is 0.303 e. The van der Waals surface area contributed by atoms with Gasteiger partial charge in [-0.3, -0.25) is 19.2 Å². The highest BCUT2D eigenvalue weighted by molar-refractivity contribution is 7.14. The monoisotopic (exact) mass is 501 g/mol. The summed E-state index contributed by atoms with van der Waals surface area (Å²) >= 11 is 1.29. The number of thiophene rings is 1. The van der Waals surface area contributed by atoms with E-state index in [1.54, 1.807) is 23.7 Å². The van der Waals surface area contributed by atoms with Crippen LogP contribution in [0.3, 0.4) is 0 Å². The molecule has 0 bridgehead atoms. The number of carbonyl (C=O) groups excluding carboxylic acids is 3. The molecule has 0 aliphatic heterocycles. The summed E-state index contributed by atoms with van der Waals surface area (Å²) in [5.41, 5.74) is 1.68. The van der Waals surface area contributed by atoms with Crippen LogP contribution in [0.15, 0.2) is 29.8 Å². The number of carboxylic acids is 1. The number of anilines is 2. The van der Waals surface area contributed by atoms with Crippen molar-refractivity contribution in [3.05, 3.63) is 35.3 Å². The first kappa shape index (κ1) is 25.6. The van der Waals surface area contributed by atoms with Crippen LogP contribution in [0.1, 0.15) is 37.0 Å². The zero-order valence-electron chi connectivity index (χ0n) is 19.3. The highest BCUT2D eigenvalue weighted by Crippen LogP contribution is 2.24. The molecule has 0 fully saturated rings. The van der Waals surface area contributed by atoms with Crippen molar-refractivity contribution < 1.29 is 24.3 Å². The number of carboxylic acid groups (broad SMARTS) is 1. The van der Waals surface area contributed by atoms with E-state index in [4.69, 9.17) is 5.11 Å². The van der Waals surface area contributed by atoms with Gasteiger partial charge in [-0.2, -0.15) is 4.98 Å². The van der Waals surface area contributed by atoms with Gasteiger partial charge in [0.25, 0.3) is 5.91 Å². The maximum atomic E-state index is 12.5. The Morgan fingerprint density at radius 1 is 1.20 bits per heavy atom. The van der Waals surface area contributed by atoms with Crippen molar-refractivity contribution in [2.24, 2.45) is 5.92 Å². The van der Waals surface area contributed by atoms with E-state index in [0.29, 0.717) is 28.7 Å². The zero-order chi connectivity index (χ0) is 25.4. The molecule has 3 aromatic heterocycles. The first-order valence-corrected chi connectivity index (χ1v) is 11.8. The molecule has 13 heteroatoms. The van der Waals surface area contributed by atoms with Crippen LogP contribution in [0.2, 0.25) is 0 Å². The number of imidazole rings is 1. The number of hydrogen-bond donors (Lipinski definition) is 6.